The molecule has 6 aromatic rings. The van der Waals surface area contributed by atoms with E-state index in [9.17, 15) is 14.4 Å². The molecule has 68 heavy (non-hydrogen) atoms. The SMILES string of the molecule is CC(C)(C)OC(=O)NC1(c2noc([C@H](CC(=O)NC(c3ccccc3)(c3ccccc3)c3ccccc3)NC(=O)OCC3c4ccccc4-c4ccccc43)n2)CC(CO[Si](C)(C)C(C)(C)C)C1. The number of benzene rings is 5. The van der Waals surface area contributed by atoms with Crippen molar-refractivity contribution in [3.8, 4) is 11.1 Å². The molecule has 0 spiro atoms. The number of carbonyl (C=O) groups is 3. The van der Waals surface area contributed by atoms with Crippen LogP contribution in [0.2, 0.25) is 18.1 Å². The Balaban J connectivity index is 1.11. The second-order valence-corrected chi connectivity index (χ2v) is 25.4. The first-order valence-electron chi connectivity index (χ1n) is 23.5. The highest BCUT2D eigenvalue weighted by molar-refractivity contribution is 6.74. The Morgan fingerprint density at radius 1 is 0.706 bits per heavy atom. The van der Waals surface area contributed by atoms with Gasteiger partial charge in [0.25, 0.3) is 0 Å². The maximum atomic E-state index is 14.9. The fraction of sp³-hybridized carbons (Fsp3) is 0.364. The minimum Gasteiger partial charge on any atom is -0.449 e. The minimum atomic E-state index is -2.07. The van der Waals surface area contributed by atoms with Crippen LogP contribution in [-0.2, 0) is 29.8 Å². The van der Waals surface area contributed by atoms with E-state index >= 15 is 0 Å². The highest BCUT2D eigenvalue weighted by Crippen LogP contribution is 2.48. The van der Waals surface area contributed by atoms with Gasteiger partial charge in [0.1, 0.15) is 29.3 Å². The molecular weight excluding hydrogens is 871 g/mol. The summed E-state index contributed by atoms with van der Waals surface area (Å²) < 4.78 is 24.4. The number of rotatable bonds is 15. The van der Waals surface area contributed by atoms with Gasteiger partial charge < -0.3 is 34.4 Å². The fourth-order valence-electron chi connectivity index (χ4n) is 9.21. The molecule has 0 saturated heterocycles. The zero-order valence-corrected chi connectivity index (χ0v) is 41.3. The van der Waals surface area contributed by atoms with Gasteiger partial charge in [-0.3, -0.25) is 4.79 Å². The van der Waals surface area contributed by atoms with Gasteiger partial charge in [0.2, 0.25) is 11.8 Å². The summed E-state index contributed by atoms with van der Waals surface area (Å²) in [4.78, 5) is 47.4. The molecule has 5 aromatic carbocycles. The number of ether oxygens (including phenoxy) is 2. The predicted molar refractivity (Wildman–Crippen MR) is 264 cm³/mol. The molecular formula is C55H63N5O7Si. The quantitative estimate of drug-likeness (QED) is 0.0674. The summed E-state index contributed by atoms with van der Waals surface area (Å²) in [5, 5.41) is 13.9. The van der Waals surface area contributed by atoms with Crippen LogP contribution in [0.4, 0.5) is 9.59 Å². The lowest BCUT2D eigenvalue weighted by Crippen LogP contribution is -2.57. The Bertz CT molecular complexity index is 2570. The number of alkyl carbamates (subject to hydrolysis) is 2. The number of amides is 3. The van der Waals surface area contributed by atoms with E-state index < -0.39 is 49.1 Å². The van der Waals surface area contributed by atoms with Gasteiger partial charge in [-0.2, -0.15) is 4.98 Å². The lowest BCUT2D eigenvalue weighted by Gasteiger charge is -2.47. The molecule has 12 nitrogen and oxygen atoms in total. The van der Waals surface area contributed by atoms with E-state index in [0.29, 0.717) is 19.4 Å². The van der Waals surface area contributed by atoms with Gasteiger partial charge in [-0.05, 0) is 96.6 Å². The van der Waals surface area contributed by atoms with E-state index in [2.05, 4.69) is 79.2 Å². The van der Waals surface area contributed by atoms with Gasteiger partial charge in [-0.1, -0.05) is 165 Å². The second kappa shape index (κ2) is 19.2. The smallest absolute Gasteiger partial charge is 0.408 e. The van der Waals surface area contributed by atoms with E-state index in [-0.39, 0.29) is 41.6 Å². The number of nitrogens with one attached hydrogen (secondary N) is 3. The minimum absolute atomic E-state index is 0.0235. The molecule has 0 radical (unpaired) electrons. The molecule has 1 atom stereocenters. The Labute approximate surface area is 400 Å². The molecule has 1 aromatic heterocycles. The van der Waals surface area contributed by atoms with E-state index in [0.717, 1.165) is 38.9 Å². The first-order chi connectivity index (χ1) is 32.4. The zero-order chi connectivity index (χ0) is 48.3. The molecule has 1 saturated carbocycles. The van der Waals surface area contributed by atoms with Crippen molar-refractivity contribution in [2.45, 2.75) is 108 Å². The molecule has 2 aliphatic carbocycles. The van der Waals surface area contributed by atoms with E-state index in [4.69, 9.17) is 23.4 Å². The lowest BCUT2D eigenvalue weighted by atomic mass is 9.68. The van der Waals surface area contributed by atoms with Crippen molar-refractivity contribution in [3.63, 3.8) is 0 Å². The molecule has 3 amide bonds. The van der Waals surface area contributed by atoms with E-state index in [1.54, 1.807) is 20.8 Å². The average Bonchev–Trinajstić information content (AvgIpc) is 3.92. The molecule has 354 valence electrons. The Morgan fingerprint density at radius 2 is 1.21 bits per heavy atom. The molecule has 8 rings (SSSR count). The van der Waals surface area contributed by atoms with Gasteiger partial charge >= 0.3 is 12.2 Å². The van der Waals surface area contributed by atoms with Crippen molar-refractivity contribution in [1.82, 2.24) is 26.1 Å². The van der Waals surface area contributed by atoms with Crippen LogP contribution in [0.1, 0.15) is 112 Å². The highest BCUT2D eigenvalue weighted by Gasteiger charge is 2.52. The monoisotopic (exact) mass is 933 g/mol. The van der Waals surface area contributed by atoms with E-state index in [1.165, 1.54) is 0 Å². The summed E-state index contributed by atoms with van der Waals surface area (Å²) >= 11 is 0. The van der Waals surface area contributed by atoms with Crippen LogP contribution in [0.5, 0.6) is 0 Å². The number of fused-ring (bicyclic) bond motifs is 3. The molecule has 0 aliphatic heterocycles. The van der Waals surface area contributed by atoms with Crippen molar-refractivity contribution >= 4 is 26.4 Å². The van der Waals surface area contributed by atoms with Crippen molar-refractivity contribution in [1.29, 1.82) is 0 Å². The van der Waals surface area contributed by atoms with E-state index in [1.807, 2.05) is 115 Å². The van der Waals surface area contributed by atoms with Crippen LogP contribution in [-0.4, -0.2) is 55.4 Å². The predicted octanol–water partition coefficient (Wildman–Crippen LogP) is 11.3. The summed E-state index contributed by atoms with van der Waals surface area (Å²) in [6.45, 7) is 17.0. The summed E-state index contributed by atoms with van der Waals surface area (Å²) in [7, 11) is -2.07. The van der Waals surface area contributed by atoms with Crippen LogP contribution in [0.3, 0.4) is 0 Å². The summed E-state index contributed by atoms with van der Waals surface area (Å²) in [6, 6.07) is 44.4. The Kier molecular flexibility index (Phi) is 13.5. The topological polar surface area (TPSA) is 154 Å². The first-order valence-corrected chi connectivity index (χ1v) is 26.4. The number of carbonyl (C=O) groups excluding carboxylic acids is 3. The molecule has 2 aliphatic rings. The normalized spacial score (nSPS) is 17.5. The maximum absolute atomic E-state index is 14.9. The van der Waals surface area contributed by atoms with Gasteiger partial charge in [0.05, 0.1) is 6.42 Å². The Hall–Kier alpha value is -6.57. The molecule has 3 N–H and O–H groups in total. The third-order valence-electron chi connectivity index (χ3n) is 13.6. The van der Waals surface area contributed by atoms with Gasteiger partial charge in [-0.25, -0.2) is 9.59 Å². The van der Waals surface area contributed by atoms with Crippen molar-refractivity contribution in [3.05, 3.63) is 179 Å². The molecule has 1 fully saturated rings. The maximum Gasteiger partial charge on any atom is 0.408 e. The number of hydrogen-bond donors (Lipinski definition) is 3. The van der Waals surface area contributed by atoms with Gasteiger partial charge in [0.15, 0.2) is 14.1 Å². The average molecular weight is 934 g/mol. The summed E-state index contributed by atoms with van der Waals surface area (Å²) in [5.74, 6) is -0.352. The van der Waals surface area contributed by atoms with Crippen molar-refractivity contribution in [2.75, 3.05) is 13.2 Å². The highest BCUT2D eigenvalue weighted by atomic mass is 28.4. The van der Waals surface area contributed by atoms with Crippen LogP contribution in [0.25, 0.3) is 11.1 Å². The lowest BCUT2D eigenvalue weighted by molar-refractivity contribution is -0.123. The third kappa shape index (κ3) is 10.1. The number of nitrogens with zero attached hydrogens (tertiary/aromatic N) is 2. The number of aromatic nitrogens is 2. The van der Waals surface area contributed by atoms with Crippen LogP contribution >= 0.6 is 0 Å². The number of hydrogen-bond acceptors (Lipinski definition) is 9. The molecule has 0 unspecified atom stereocenters. The fourth-order valence-corrected chi connectivity index (χ4v) is 10.3. The summed E-state index contributed by atoms with van der Waals surface area (Å²) in [5.41, 5.74) is 3.86. The van der Waals surface area contributed by atoms with Crippen molar-refractivity contribution < 1.29 is 32.8 Å². The summed E-state index contributed by atoms with van der Waals surface area (Å²) in [6.07, 6.45) is -0.788. The van der Waals surface area contributed by atoms with Crippen LogP contribution in [0.15, 0.2) is 144 Å². The van der Waals surface area contributed by atoms with Crippen LogP contribution in [0, 0.1) is 5.92 Å². The second-order valence-electron chi connectivity index (χ2n) is 20.6. The molecule has 0 bridgehead atoms. The largest absolute Gasteiger partial charge is 0.449 e. The Morgan fingerprint density at radius 3 is 1.71 bits per heavy atom. The van der Waals surface area contributed by atoms with Gasteiger partial charge in [0, 0.05) is 12.5 Å². The molecule has 13 heteroatoms. The van der Waals surface area contributed by atoms with Crippen LogP contribution < -0.4 is 16.0 Å². The first kappa shape index (κ1) is 47.9. The van der Waals surface area contributed by atoms with Gasteiger partial charge in [-0.15, -0.1) is 0 Å². The standard InChI is InChI=1S/C55H63N5O7Si/c1-52(2,3)66-51(63)59-54(33-37(34-54)35-65-68(7,8)53(4,5)6)49-57-48(67-60-49)46(56-50(62)64-36-45-43-30-20-18-28-41(43)42-29-19-21-31-44(42)45)32-47(61)58-55(38-22-12-9-13-23-38,39-24-14-10-15-25-39)40-26-16-11-17-27-40/h9-31,37,45-46H,32-36H2,1-8H3,(H,56,62)(H,58,61)(H,59,63)/t37?,46-,54?/m0/s1. The zero-order valence-electron chi connectivity index (χ0n) is 40.3. The van der Waals surface area contributed by atoms with Crippen molar-refractivity contribution in [2.24, 2.45) is 5.92 Å². The molecule has 1 heterocycles. The third-order valence-corrected chi connectivity index (χ3v) is 18.1.